The average Bonchev–Trinajstić information content (AvgIpc) is 2.53. The molecule has 0 saturated carbocycles. The summed E-state index contributed by atoms with van der Waals surface area (Å²) >= 11 is 0. The summed E-state index contributed by atoms with van der Waals surface area (Å²) in [5.74, 6) is 2.49. The zero-order chi connectivity index (χ0) is 14.9. The average molecular weight is 287 g/mol. The first-order valence-electron chi connectivity index (χ1n) is 6.95. The third kappa shape index (κ3) is 5.00. The van der Waals surface area contributed by atoms with Gasteiger partial charge in [-0.15, -0.1) is 0 Å². The first-order chi connectivity index (χ1) is 10.3. The monoisotopic (exact) mass is 287 g/mol. The molecule has 1 N–H and O–H groups in total. The van der Waals surface area contributed by atoms with E-state index in [0.717, 1.165) is 23.8 Å². The number of benzene rings is 2. The Hall–Kier alpha value is -2.20. The minimum Gasteiger partial charge on any atom is -0.497 e. The summed E-state index contributed by atoms with van der Waals surface area (Å²) in [4.78, 5) is 0. The van der Waals surface area contributed by atoms with Crippen LogP contribution >= 0.6 is 0 Å². The van der Waals surface area contributed by atoms with Crippen LogP contribution in [0.2, 0.25) is 0 Å². The van der Waals surface area contributed by atoms with Crippen molar-refractivity contribution < 1.29 is 14.2 Å². The second-order valence-electron chi connectivity index (χ2n) is 4.55. The number of rotatable bonds is 8. The van der Waals surface area contributed by atoms with Crippen molar-refractivity contribution in [3.8, 4) is 17.2 Å². The van der Waals surface area contributed by atoms with Gasteiger partial charge in [-0.1, -0.05) is 12.1 Å². The van der Waals surface area contributed by atoms with E-state index in [0.29, 0.717) is 13.2 Å². The van der Waals surface area contributed by atoms with Gasteiger partial charge < -0.3 is 19.5 Å². The Kier molecular flexibility index (Phi) is 5.91. The van der Waals surface area contributed by atoms with E-state index < -0.39 is 0 Å². The summed E-state index contributed by atoms with van der Waals surface area (Å²) < 4.78 is 16.4. The fourth-order valence-electron chi connectivity index (χ4n) is 1.94. The van der Waals surface area contributed by atoms with Crippen LogP contribution in [-0.4, -0.2) is 27.4 Å². The van der Waals surface area contributed by atoms with Crippen LogP contribution < -0.4 is 19.5 Å². The van der Waals surface area contributed by atoms with Crippen molar-refractivity contribution >= 4 is 0 Å². The highest BCUT2D eigenvalue weighted by atomic mass is 16.5. The summed E-state index contributed by atoms with van der Waals surface area (Å²) in [7, 11) is 3.57. The molecule has 0 aliphatic heterocycles. The number of nitrogens with one attached hydrogen (secondary N) is 1. The van der Waals surface area contributed by atoms with E-state index in [1.807, 2.05) is 49.5 Å². The van der Waals surface area contributed by atoms with Gasteiger partial charge in [-0.2, -0.15) is 0 Å². The van der Waals surface area contributed by atoms with E-state index >= 15 is 0 Å². The van der Waals surface area contributed by atoms with Gasteiger partial charge in [0.25, 0.3) is 0 Å². The van der Waals surface area contributed by atoms with Crippen molar-refractivity contribution in [3.63, 3.8) is 0 Å². The smallest absolute Gasteiger partial charge is 0.122 e. The van der Waals surface area contributed by atoms with Gasteiger partial charge in [-0.25, -0.2) is 0 Å². The molecule has 0 saturated heterocycles. The molecule has 4 nitrogen and oxygen atoms in total. The van der Waals surface area contributed by atoms with Crippen molar-refractivity contribution in [1.82, 2.24) is 5.32 Å². The maximum atomic E-state index is 5.68. The molecule has 0 radical (unpaired) electrons. The van der Waals surface area contributed by atoms with Gasteiger partial charge in [0.1, 0.15) is 30.5 Å². The molecule has 0 unspecified atom stereocenters. The Morgan fingerprint density at radius 3 is 2.19 bits per heavy atom. The topological polar surface area (TPSA) is 39.7 Å². The summed E-state index contributed by atoms with van der Waals surface area (Å²) in [5, 5.41) is 3.12. The second-order valence-corrected chi connectivity index (χ2v) is 4.55. The summed E-state index contributed by atoms with van der Waals surface area (Å²) in [6, 6.07) is 15.5. The lowest BCUT2D eigenvalue weighted by atomic mass is 10.2. The predicted molar refractivity (Wildman–Crippen MR) is 83.2 cm³/mol. The first-order valence-corrected chi connectivity index (χ1v) is 6.95. The van der Waals surface area contributed by atoms with E-state index in [2.05, 4.69) is 11.4 Å². The molecule has 21 heavy (non-hydrogen) atoms. The Labute approximate surface area is 125 Å². The highest BCUT2D eigenvalue weighted by molar-refractivity contribution is 5.31. The molecule has 0 amide bonds. The minimum absolute atomic E-state index is 0.503. The Morgan fingerprint density at radius 2 is 1.52 bits per heavy atom. The maximum Gasteiger partial charge on any atom is 0.122 e. The predicted octanol–water partition coefficient (Wildman–Crippen LogP) is 2.87. The van der Waals surface area contributed by atoms with Crippen molar-refractivity contribution in [3.05, 3.63) is 54.1 Å². The molecule has 4 heteroatoms. The number of ether oxygens (including phenoxy) is 3. The van der Waals surface area contributed by atoms with Gasteiger partial charge in [0.2, 0.25) is 0 Å². The van der Waals surface area contributed by atoms with E-state index in [4.69, 9.17) is 14.2 Å². The van der Waals surface area contributed by atoms with E-state index in [-0.39, 0.29) is 0 Å². The van der Waals surface area contributed by atoms with Crippen LogP contribution in [0.3, 0.4) is 0 Å². The van der Waals surface area contributed by atoms with Crippen LogP contribution in [0.5, 0.6) is 17.2 Å². The molecule has 0 atom stereocenters. The molecule has 0 aliphatic carbocycles. The van der Waals surface area contributed by atoms with Crippen LogP contribution in [0, 0.1) is 0 Å². The molecule has 0 spiro atoms. The van der Waals surface area contributed by atoms with E-state index in [9.17, 15) is 0 Å². The number of hydrogen-bond acceptors (Lipinski definition) is 4. The van der Waals surface area contributed by atoms with Crippen molar-refractivity contribution in [2.75, 3.05) is 27.4 Å². The zero-order valence-electron chi connectivity index (χ0n) is 12.5. The Bertz CT molecular complexity index is 540. The second kappa shape index (κ2) is 8.17. The third-order valence-electron chi connectivity index (χ3n) is 2.96. The molecule has 2 rings (SSSR count). The fourth-order valence-corrected chi connectivity index (χ4v) is 1.94. The highest BCUT2D eigenvalue weighted by Gasteiger charge is 1.98. The molecule has 2 aromatic rings. The normalized spacial score (nSPS) is 10.2. The third-order valence-corrected chi connectivity index (χ3v) is 2.96. The van der Waals surface area contributed by atoms with Gasteiger partial charge >= 0.3 is 0 Å². The lowest BCUT2D eigenvalue weighted by Gasteiger charge is -2.10. The van der Waals surface area contributed by atoms with Crippen molar-refractivity contribution in [2.24, 2.45) is 0 Å². The van der Waals surface area contributed by atoms with Gasteiger partial charge in [0.15, 0.2) is 0 Å². The molecule has 0 bridgehead atoms. The summed E-state index contributed by atoms with van der Waals surface area (Å²) in [5.41, 5.74) is 1.20. The Morgan fingerprint density at radius 1 is 0.857 bits per heavy atom. The van der Waals surface area contributed by atoms with E-state index in [1.54, 1.807) is 7.11 Å². The number of methoxy groups -OCH3 is 1. The molecule has 2 aromatic carbocycles. The van der Waals surface area contributed by atoms with Gasteiger partial charge in [0.05, 0.1) is 7.11 Å². The highest BCUT2D eigenvalue weighted by Crippen LogP contribution is 2.17. The van der Waals surface area contributed by atoms with Gasteiger partial charge in [-0.3, -0.25) is 0 Å². The van der Waals surface area contributed by atoms with Crippen LogP contribution in [-0.2, 0) is 6.54 Å². The maximum absolute atomic E-state index is 5.68. The lowest BCUT2D eigenvalue weighted by Crippen LogP contribution is -2.09. The molecule has 0 fully saturated rings. The molecule has 0 aromatic heterocycles. The van der Waals surface area contributed by atoms with Crippen LogP contribution in [0.25, 0.3) is 0 Å². The van der Waals surface area contributed by atoms with Crippen molar-refractivity contribution in [2.45, 2.75) is 6.54 Å². The lowest BCUT2D eigenvalue weighted by molar-refractivity contribution is 0.217. The summed E-state index contributed by atoms with van der Waals surface area (Å²) in [6.45, 7) is 1.84. The van der Waals surface area contributed by atoms with Gasteiger partial charge in [0, 0.05) is 6.54 Å². The van der Waals surface area contributed by atoms with Crippen LogP contribution in [0.15, 0.2) is 48.5 Å². The van der Waals surface area contributed by atoms with Crippen LogP contribution in [0.1, 0.15) is 5.56 Å². The molecular formula is C17H21NO3. The first kappa shape index (κ1) is 15.2. The van der Waals surface area contributed by atoms with E-state index in [1.165, 1.54) is 5.56 Å². The molecular weight excluding hydrogens is 266 g/mol. The van der Waals surface area contributed by atoms with Crippen molar-refractivity contribution in [1.29, 1.82) is 0 Å². The molecule has 0 heterocycles. The molecule has 0 aliphatic rings. The SMILES string of the molecule is CNCc1cccc(OCCOc2ccc(OC)cc2)c1. The Balaban J connectivity index is 1.74. The number of hydrogen-bond donors (Lipinski definition) is 1. The summed E-state index contributed by atoms with van der Waals surface area (Å²) in [6.07, 6.45) is 0. The quantitative estimate of drug-likeness (QED) is 0.758. The molecule has 112 valence electrons. The fraction of sp³-hybridized carbons (Fsp3) is 0.294. The largest absolute Gasteiger partial charge is 0.497 e. The standard InChI is InChI=1S/C17H21NO3/c1-18-13-14-4-3-5-17(12-14)21-11-10-20-16-8-6-15(19-2)7-9-16/h3-9,12,18H,10-11,13H2,1-2H3. The van der Waals surface area contributed by atoms with Crippen LogP contribution in [0.4, 0.5) is 0 Å². The van der Waals surface area contributed by atoms with Gasteiger partial charge in [-0.05, 0) is 49.0 Å². The minimum atomic E-state index is 0.503. The zero-order valence-corrected chi connectivity index (χ0v) is 12.5.